The Hall–Kier alpha value is -1.61. The molecule has 3 nitrogen and oxygen atoms in total. The molecule has 0 radical (unpaired) electrons. The number of benzene rings is 1. The van der Waals surface area contributed by atoms with Crippen molar-refractivity contribution in [2.24, 2.45) is 0 Å². The average Bonchev–Trinajstić information content (AvgIpc) is 3.14. The molecule has 0 saturated heterocycles. The standard InChI is InChI=1S/C15H19N3/c1-2-4-13(5-3-1)8-10-18-11-9-15(17-18)12-16-14-6-7-14/h1-5,9,11,14,16H,6-8,10,12H2. The van der Waals surface area contributed by atoms with Gasteiger partial charge in [-0.15, -0.1) is 0 Å². The van der Waals surface area contributed by atoms with Crippen LogP contribution in [0.1, 0.15) is 24.1 Å². The zero-order valence-corrected chi connectivity index (χ0v) is 10.5. The van der Waals surface area contributed by atoms with E-state index in [-0.39, 0.29) is 0 Å². The van der Waals surface area contributed by atoms with E-state index >= 15 is 0 Å². The van der Waals surface area contributed by atoms with Gasteiger partial charge in [-0.05, 0) is 30.9 Å². The summed E-state index contributed by atoms with van der Waals surface area (Å²) in [7, 11) is 0. The zero-order valence-electron chi connectivity index (χ0n) is 10.5. The van der Waals surface area contributed by atoms with Crippen molar-refractivity contribution in [2.75, 3.05) is 0 Å². The number of nitrogens with zero attached hydrogens (tertiary/aromatic N) is 2. The summed E-state index contributed by atoms with van der Waals surface area (Å²) in [6, 6.07) is 13.4. The molecule has 1 aliphatic rings. The molecular formula is C15H19N3. The summed E-state index contributed by atoms with van der Waals surface area (Å²) < 4.78 is 2.04. The Kier molecular flexibility index (Phi) is 3.42. The third kappa shape index (κ3) is 3.20. The van der Waals surface area contributed by atoms with Crippen molar-refractivity contribution in [3.05, 3.63) is 53.9 Å². The maximum absolute atomic E-state index is 4.58. The predicted octanol–water partition coefficient (Wildman–Crippen LogP) is 2.38. The Morgan fingerprint density at radius 3 is 2.78 bits per heavy atom. The van der Waals surface area contributed by atoms with Crippen LogP contribution in [0, 0.1) is 0 Å². The molecule has 1 N–H and O–H groups in total. The summed E-state index contributed by atoms with van der Waals surface area (Å²) in [5.41, 5.74) is 2.51. The highest BCUT2D eigenvalue weighted by molar-refractivity contribution is 5.14. The Balaban J connectivity index is 1.50. The van der Waals surface area contributed by atoms with E-state index in [9.17, 15) is 0 Å². The van der Waals surface area contributed by atoms with Gasteiger partial charge in [0.15, 0.2) is 0 Å². The van der Waals surface area contributed by atoms with Crippen LogP contribution in [-0.4, -0.2) is 15.8 Å². The van der Waals surface area contributed by atoms with Crippen LogP contribution in [0.5, 0.6) is 0 Å². The lowest BCUT2D eigenvalue weighted by Gasteiger charge is -2.02. The summed E-state index contributed by atoms with van der Waals surface area (Å²) in [6.45, 7) is 1.86. The summed E-state index contributed by atoms with van der Waals surface area (Å²) >= 11 is 0. The molecule has 0 spiro atoms. The molecule has 3 rings (SSSR count). The summed E-state index contributed by atoms with van der Waals surface area (Å²) in [6.07, 6.45) is 5.77. The number of hydrogen-bond donors (Lipinski definition) is 1. The lowest BCUT2D eigenvalue weighted by atomic mass is 10.2. The van der Waals surface area contributed by atoms with E-state index in [1.807, 2.05) is 4.68 Å². The maximum Gasteiger partial charge on any atom is 0.0762 e. The minimum atomic E-state index is 0.750. The topological polar surface area (TPSA) is 29.9 Å². The van der Waals surface area contributed by atoms with Crippen molar-refractivity contribution in [1.29, 1.82) is 0 Å². The molecule has 0 amide bonds. The van der Waals surface area contributed by atoms with Gasteiger partial charge in [0.25, 0.3) is 0 Å². The molecule has 0 bridgehead atoms. The normalized spacial score (nSPS) is 14.9. The lowest BCUT2D eigenvalue weighted by molar-refractivity contribution is 0.590. The number of aryl methyl sites for hydroxylation is 2. The van der Waals surface area contributed by atoms with Crippen LogP contribution in [-0.2, 0) is 19.5 Å². The van der Waals surface area contributed by atoms with Crippen molar-refractivity contribution in [3.8, 4) is 0 Å². The average molecular weight is 241 g/mol. The third-order valence-corrected chi connectivity index (χ3v) is 3.32. The second-order valence-electron chi connectivity index (χ2n) is 4.96. The minimum absolute atomic E-state index is 0.750. The van der Waals surface area contributed by atoms with Gasteiger partial charge in [-0.25, -0.2) is 0 Å². The van der Waals surface area contributed by atoms with Gasteiger partial charge in [0.2, 0.25) is 0 Å². The second-order valence-corrected chi connectivity index (χ2v) is 4.96. The first-order chi connectivity index (χ1) is 8.90. The van der Waals surface area contributed by atoms with Crippen LogP contribution in [0.15, 0.2) is 42.6 Å². The number of hydrogen-bond acceptors (Lipinski definition) is 2. The first-order valence-electron chi connectivity index (χ1n) is 6.70. The molecule has 1 aromatic heterocycles. The summed E-state index contributed by atoms with van der Waals surface area (Å²) in [4.78, 5) is 0. The molecule has 0 unspecified atom stereocenters. The summed E-state index contributed by atoms with van der Waals surface area (Å²) in [5.74, 6) is 0. The van der Waals surface area contributed by atoms with Gasteiger partial charge < -0.3 is 5.32 Å². The Morgan fingerprint density at radius 2 is 2.00 bits per heavy atom. The van der Waals surface area contributed by atoms with Gasteiger partial charge in [-0.1, -0.05) is 30.3 Å². The van der Waals surface area contributed by atoms with Crippen LogP contribution in [0.2, 0.25) is 0 Å². The molecule has 1 aromatic carbocycles. The smallest absolute Gasteiger partial charge is 0.0762 e. The number of rotatable bonds is 6. The van der Waals surface area contributed by atoms with Gasteiger partial charge in [-0.3, -0.25) is 4.68 Å². The summed E-state index contributed by atoms with van der Waals surface area (Å²) in [5, 5.41) is 8.06. The fourth-order valence-electron chi connectivity index (χ4n) is 2.05. The highest BCUT2D eigenvalue weighted by Gasteiger charge is 2.20. The van der Waals surface area contributed by atoms with E-state index in [0.29, 0.717) is 0 Å². The first-order valence-corrected chi connectivity index (χ1v) is 6.70. The lowest BCUT2D eigenvalue weighted by Crippen LogP contribution is -2.16. The van der Waals surface area contributed by atoms with Gasteiger partial charge in [-0.2, -0.15) is 5.10 Å². The molecule has 1 heterocycles. The van der Waals surface area contributed by atoms with Crippen LogP contribution in [0.3, 0.4) is 0 Å². The fourth-order valence-corrected chi connectivity index (χ4v) is 2.05. The van der Waals surface area contributed by atoms with Gasteiger partial charge in [0.05, 0.1) is 5.69 Å². The molecule has 1 saturated carbocycles. The molecule has 0 aliphatic heterocycles. The first kappa shape index (κ1) is 11.5. The van der Waals surface area contributed by atoms with Crippen LogP contribution in [0.4, 0.5) is 0 Å². The van der Waals surface area contributed by atoms with E-state index in [2.05, 4.69) is 53.0 Å². The second kappa shape index (κ2) is 5.36. The molecular weight excluding hydrogens is 222 g/mol. The molecule has 94 valence electrons. The molecule has 18 heavy (non-hydrogen) atoms. The van der Waals surface area contributed by atoms with E-state index < -0.39 is 0 Å². The Labute approximate surface area is 108 Å². The molecule has 1 aliphatic carbocycles. The van der Waals surface area contributed by atoms with Crippen molar-refractivity contribution >= 4 is 0 Å². The van der Waals surface area contributed by atoms with Crippen LogP contribution in [0.25, 0.3) is 0 Å². The quantitative estimate of drug-likeness (QED) is 0.841. The minimum Gasteiger partial charge on any atom is -0.308 e. The van der Waals surface area contributed by atoms with Crippen molar-refractivity contribution in [2.45, 2.75) is 38.4 Å². The monoisotopic (exact) mass is 241 g/mol. The Bertz CT molecular complexity index is 485. The number of nitrogens with one attached hydrogen (secondary N) is 1. The van der Waals surface area contributed by atoms with E-state index in [1.165, 1.54) is 18.4 Å². The largest absolute Gasteiger partial charge is 0.308 e. The highest BCUT2D eigenvalue weighted by Crippen LogP contribution is 2.18. The van der Waals surface area contributed by atoms with Crippen LogP contribution >= 0.6 is 0 Å². The number of aromatic nitrogens is 2. The highest BCUT2D eigenvalue weighted by atomic mass is 15.3. The van der Waals surface area contributed by atoms with Crippen molar-refractivity contribution < 1.29 is 0 Å². The van der Waals surface area contributed by atoms with Crippen molar-refractivity contribution in [3.63, 3.8) is 0 Å². The van der Waals surface area contributed by atoms with Gasteiger partial charge >= 0.3 is 0 Å². The van der Waals surface area contributed by atoms with Crippen molar-refractivity contribution in [1.82, 2.24) is 15.1 Å². The Morgan fingerprint density at radius 1 is 1.17 bits per heavy atom. The SMILES string of the molecule is c1ccc(CCn2ccc(CNC3CC3)n2)cc1. The van der Waals surface area contributed by atoms with E-state index in [4.69, 9.17) is 0 Å². The third-order valence-electron chi connectivity index (χ3n) is 3.32. The van der Waals surface area contributed by atoms with E-state index in [0.717, 1.165) is 31.2 Å². The van der Waals surface area contributed by atoms with Gasteiger partial charge in [0, 0.05) is 25.3 Å². The zero-order chi connectivity index (χ0) is 12.2. The molecule has 2 aromatic rings. The maximum atomic E-state index is 4.58. The van der Waals surface area contributed by atoms with E-state index in [1.54, 1.807) is 0 Å². The molecule has 1 fully saturated rings. The fraction of sp³-hybridized carbons (Fsp3) is 0.400. The molecule has 0 atom stereocenters. The molecule has 3 heteroatoms. The van der Waals surface area contributed by atoms with Crippen LogP contribution < -0.4 is 5.32 Å². The predicted molar refractivity (Wildman–Crippen MR) is 72.2 cm³/mol. The van der Waals surface area contributed by atoms with Gasteiger partial charge in [0.1, 0.15) is 0 Å².